The lowest BCUT2D eigenvalue weighted by molar-refractivity contribution is -0.137. The summed E-state index contributed by atoms with van der Waals surface area (Å²) in [6, 6.07) is 10.4. The Kier molecular flexibility index (Phi) is 4.21. The second-order valence-corrected chi connectivity index (χ2v) is 6.19. The van der Waals surface area contributed by atoms with Gasteiger partial charge in [-0.3, -0.25) is 9.39 Å². The standard InChI is InChI=1S/C18H17F3N6/c1-22-17(26-9-8-12-4-2-3-5-14(12)26)23-10-16-25-24-15-7-6-13(11-27(15)16)18(19,20)21/h2-7,11H,8-10H2,1H3,(H,22,23). The summed E-state index contributed by atoms with van der Waals surface area (Å²) in [5, 5.41) is 11.1. The molecule has 0 amide bonds. The first kappa shape index (κ1) is 17.3. The molecule has 140 valence electrons. The van der Waals surface area contributed by atoms with Crippen molar-refractivity contribution in [1.29, 1.82) is 0 Å². The molecule has 4 rings (SSSR count). The van der Waals surface area contributed by atoms with E-state index in [1.165, 1.54) is 16.0 Å². The maximum absolute atomic E-state index is 13.0. The lowest BCUT2D eigenvalue weighted by Crippen LogP contribution is -2.40. The Balaban J connectivity index is 1.56. The topological polar surface area (TPSA) is 57.8 Å². The highest BCUT2D eigenvalue weighted by Crippen LogP contribution is 2.29. The highest BCUT2D eigenvalue weighted by atomic mass is 19.4. The van der Waals surface area contributed by atoms with Crippen molar-refractivity contribution in [3.8, 4) is 0 Å². The molecule has 0 radical (unpaired) electrons. The number of benzene rings is 1. The summed E-state index contributed by atoms with van der Waals surface area (Å²) in [5.41, 5.74) is 1.94. The van der Waals surface area contributed by atoms with Crippen LogP contribution >= 0.6 is 0 Å². The minimum atomic E-state index is -4.42. The molecular formula is C18H17F3N6. The molecule has 0 spiro atoms. The van der Waals surface area contributed by atoms with Crippen molar-refractivity contribution in [2.45, 2.75) is 19.1 Å². The van der Waals surface area contributed by atoms with Gasteiger partial charge in [-0.15, -0.1) is 10.2 Å². The zero-order valence-electron chi connectivity index (χ0n) is 14.5. The first-order valence-corrected chi connectivity index (χ1v) is 8.44. The molecule has 1 N–H and O–H groups in total. The van der Waals surface area contributed by atoms with Gasteiger partial charge in [0.25, 0.3) is 0 Å². The van der Waals surface area contributed by atoms with Crippen molar-refractivity contribution in [3.63, 3.8) is 0 Å². The second-order valence-electron chi connectivity index (χ2n) is 6.19. The van der Waals surface area contributed by atoms with E-state index in [2.05, 4.69) is 31.5 Å². The Morgan fingerprint density at radius 3 is 2.78 bits per heavy atom. The second kappa shape index (κ2) is 6.57. The van der Waals surface area contributed by atoms with Gasteiger partial charge in [0, 0.05) is 25.5 Å². The van der Waals surface area contributed by atoms with E-state index in [1.54, 1.807) is 7.05 Å². The number of nitrogens with zero attached hydrogens (tertiary/aromatic N) is 5. The third kappa shape index (κ3) is 3.20. The number of aliphatic imine (C=N–C) groups is 1. The van der Waals surface area contributed by atoms with Crippen LogP contribution in [0.3, 0.4) is 0 Å². The fourth-order valence-corrected chi connectivity index (χ4v) is 3.24. The van der Waals surface area contributed by atoms with E-state index in [4.69, 9.17) is 0 Å². The van der Waals surface area contributed by atoms with Gasteiger partial charge in [0.2, 0.25) is 0 Å². The highest BCUT2D eigenvalue weighted by molar-refractivity contribution is 5.97. The van der Waals surface area contributed by atoms with Gasteiger partial charge in [0.1, 0.15) is 0 Å². The number of fused-ring (bicyclic) bond motifs is 2. The summed E-state index contributed by atoms with van der Waals surface area (Å²) in [5.74, 6) is 1.02. The summed E-state index contributed by atoms with van der Waals surface area (Å²) in [4.78, 5) is 6.35. The number of aromatic nitrogens is 3. The van der Waals surface area contributed by atoms with E-state index in [1.807, 2.05) is 18.2 Å². The molecule has 6 nitrogen and oxygen atoms in total. The fourth-order valence-electron chi connectivity index (χ4n) is 3.24. The lowest BCUT2D eigenvalue weighted by atomic mass is 10.2. The van der Waals surface area contributed by atoms with Crippen LogP contribution in [0.1, 0.15) is 17.0 Å². The number of alkyl halides is 3. The Morgan fingerprint density at radius 1 is 1.19 bits per heavy atom. The maximum Gasteiger partial charge on any atom is 0.417 e. The van der Waals surface area contributed by atoms with Gasteiger partial charge in [-0.2, -0.15) is 13.2 Å². The van der Waals surface area contributed by atoms with Gasteiger partial charge in [0.05, 0.1) is 12.1 Å². The maximum atomic E-state index is 13.0. The number of para-hydroxylation sites is 1. The Bertz CT molecular complexity index is 1010. The molecule has 0 fully saturated rings. The van der Waals surface area contributed by atoms with Crippen LogP contribution < -0.4 is 10.2 Å². The Labute approximate surface area is 153 Å². The van der Waals surface area contributed by atoms with Crippen LogP contribution in [-0.4, -0.2) is 34.2 Å². The SMILES string of the molecule is CN=C(NCc1nnc2ccc(C(F)(F)F)cn12)N1CCc2ccccc21. The van der Waals surface area contributed by atoms with Gasteiger partial charge in [-0.1, -0.05) is 18.2 Å². The number of anilines is 1. The number of hydrogen-bond acceptors (Lipinski definition) is 3. The molecule has 1 aliphatic rings. The molecule has 0 saturated heterocycles. The van der Waals surface area contributed by atoms with Crippen molar-refractivity contribution in [3.05, 3.63) is 59.5 Å². The number of halogens is 3. The smallest absolute Gasteiger partial charge is 0.349 e. The highest BCUT2D eigenvalue weighted by Gasteiger charge is 2.31. The summed E-state index contributed by atoms with van der Waals surface area (Å²) in [7, 11) is 1.67. The first-order valence-electron chi connectivity index (χ1n) is 8.44. The van der Waals surface area contributed by atoms with Crippen molar-refractivity contribution in [2.75, 3.05) is 18.5 Å². The lowest BCUT2D eigenvalue weighted by Gasteiger charge is -2.22. The number of nitrogens with one attached hydrogen (secondary N) is 1. The molecule has 1 aliphatic heterocycles. The quantitative estimate of drug-likeness (QED) is 0.554. The molecular weight excluding hydrogens is 357 g/mol. The van der Waals surface area contributed by atoms with E-state index in [0.29, 0.717) is 17.4 Å². The van der Waals surface area contributed by atoms with Gasteiger partial charge >= 0.3 is 6.18 Å². The monoisotopic (exact) mass is 374 g/mol. The average molecular weight is 374 g/mol. The third-order valence-corrected chi connectivity index (χ3v) is 4.56. The predicted molar refractivity (Wildman–Crippen MR) is 95.7 cm³/mol. The van der Waals surface area contributed by atoms with Gasteiger partial charge in [-0.05, 0) is 30.2 Å². The summed E-state index contributed by atoms with van der Waals surface area (Å²) < 4.78 is 40.3. The average Bonchev–Trinajstić information content (AvgIpc) is 3.26. The number of hydrogen-bond donors (Lipinski definition) is 1. The van der Waals surface area contributed by atoms with Crippen molar-refractivity contribution in [2.24, 2.45) is 4.99 Å². The first-order chi connectivity index (χ1) is 13.0. The van der Waals surface area contributed by atoms with Crippen LogP contribution in [0.15, 0.2) is 47.6 Å². The molecule has 3 heterocycles. The number of pyridine rings is 1. The molecule has 0 atom stereocenters. The normalized spacial score (nSPS) is 14.7. The molecule has 27 heavy (non-hydrogen) atoms. The zero-order chi connectivity index (χ0) is 19.0. The number of guanidine groups is 1. The van der Waals surface area contributed by atoms with Crippen molar-refractivity contribution >= 4 is 17.3 Å². The van der Waals surface area contributed by atoms with Crippen LogP contribution in [0.2, 0.25) is 0 Å². The summed E-state index contributed by atoms with van der Waals surface area (Å²) in [6.45, 7) is 0.992. The Hall–Kier alpha value is -3.10. The van der Waals surface area contributed by atoms with Gasteiger partial charge < -0.3 is 10.2 Å². The van der Waals surface area contributed by atoms with Crippen LogP contribution in [0.4, 0.5) is 18.9 Å². The fraction of sp³-hybridized carbons (Fsp3) is 0.278. The largest absolute Gasteiger partial charge is 0.417 e. The van der Waals surface area contributed by atoms with Crippen molar-refractivity contribution < 1.29 is 13.2 Å². The van der Waals surface area contributed by atoms with E-state index in [0.717, 1.165) is 30.9 Å². The third-order valence-electron chi connectivity index (χ3n) is 4.56. The van der Waals surface area contributed by atoms with Gasteiger partial charge in [-0.25, -0.2) is 0 Å². The molecule has 1 aromatic carbocycles. The summed E-state index contributed by atoms with van der Waals surface area (Å²) in [6.07, 6.45) is -2.49. The molecule has 2 aromatic heterocycles. The molecule has 0 bridgehead atoms. The minimum absolute atomic E-state index is 0.202. The zero-order valence-corrected chi connectivity index (χ0v) is 14.5. The van der Waals surface area contributed by atoms with Crippen molar-refractivity contribution in [1.82, 2.24) is 19.9 Å². The number of rotatable bonds is 2. The molecule has 0 aliphatic carbocycles. The van der Waals surface area contributed by atoms with E-state index in [-0.39, 0.29) is 6.54 Å². The van der Waals surface area contributed by atoms with Crippen LogP contribution in [0.5, 0.6) is 0 Å². The Morgan fingerprint density at radius 2 is 2.00 bits per heavy atom. The van der Waals surface area contributed by atoms with Gasteiger partial charge in [0.15, 0.2) is 17.4 Å². The van der Waals surface area contributed by atoms with E-state index < -0.39 is 11.7 Å². The van der Waals surface area contributed by atoms with Crippen LogP contribution in [0, 0.1) is 0 Å². The molecule has 3 aromatic rings. The van der Waals surface area contributed by atoms with Crippen LogP contribution in [-0.2, 0) is 19.1 Å². The molecule has 0 unspecified atom stereocenters. The molecule has 9 heteroatoms. The predicted octanol–water partition coefficient (Wildman–Crippen LogP) is 2.89. The van der Waals surface area contributed by atoms with E-state index >= 15 is 0 Å². The molecule has 0 saturated carbocycles. The summed E-state index contributed by atoms with van der Waals surface area (Å²) >= 11 is 0. The minimum Gasteiger partial charge on any atom is -0.349 e. The van der Waals surface area contributed by atoms with E-state index in [9.17, 15) is 13.2 Å². The van der Waals surface area contributed by atoms with Crippen LogP contribution in [0.25, 0.3) is 5.65 Å².